The van der Waals surface area contributed by atoms with Crippen molar-refractivity contribution in [2.75, 3.05) is 11.9 Å². The number of hydrogen-bond acceptors (Lipinski definition) is 5. The molecule has 1 amide bonds. The quantitative estimate of drug-likeness (QED) is 0.284. The molecule has 0 bridgehead atoms. The SMILES string of the molecule is CCOC(=O)c1c(-c2ccc(F)cc2)csc1NC(=O)C(C#N)=Cc1ccc(Cl)cc1. The van der Waals surface area contributed by atoms with Crippen molar-refractivity contribution in [2.45, 2.75) is 6.92 Å². The van der Waals surface area contributed by atoms with E-state index >= 15 is 0 Å². The summed E-state index contributed by atoms with van der Waals surface area (Å²) in [7, 11) is 0. The summed E-state index contributed by atoms with van der Waals surface area (Å²) in [6.45, 7) is 1.81. The number of esters is 1. The summed E-state index contributed by atoms with van der Waals surface area (Å²) >= 11 is 6.97. The first kappa shape index (κ1) is 22.2. The molecule has 0 aliphatic carbocycles. The Labute approximate surface area is 187 Å². The minimum Gasteiger partial charge on any atom is -0.462 e. The smallest absolute Gasteiger partial charge is 0.341 e. The number of hydrogen-bond donors (Lipinski definition) is 1. The Bertz CT molecular complexity index is 1180. The zero-order valence-corrected chi connectivity index (χ0v) is 17.9. The Morgan fingerprint density at radius 1 is 1.19 bits per heavy atom. The summed E-state index contributed by atoms with van der Waals surface area (Å²) < 4.78 is 18.4. The minimum absolute atomic E-state index is 0.144. The molecule has 8 heteroatoms. The highest BCUT2D eigenvalue weighted by molar-refractivity contribution is 7.15. The summed E-state index contributed by atoms with van der Waals surface area (Å²) in [6, 6.07) is 14.1. The lowest BCUT2D eigenvalue weighted by atomic mass is 10.0. The van der Waals surface area contributed by atoms with Gasteiger partial charge in [0.05, 0.1) is 6.61 Å². The van der Waals surface area contributed by atoms with Crippen LogP contribution in [-0.4, -0.2) is 18.5 Å². The Morgan fingerprint density at radius 3 is 2.48 bits per heavy atom. The van der Waals surface area contributed by atoms with Crippen LogP contribution in [0.2, 0.25) is 5.02 Å². The third-order valence-electron chi connectivity index (χ3n) is 4.20. The van der Waals surface area contributed by atoms with Gasteiger partial charge in [0.2, 0.25) is 0 Å². The van der Waals surface area contributed by atoms with Gasteiger partial charge in [-0.05, 0) is 48.4 Å². The van der Waals surface area contributed by atoms with Gasteiger partial charge in [-0.15, -0.1) is 11.3 Å². The molecular weight excluding hydrogens is 439 g/mol. The maximum atomic E-state index is 13.3. The second-order valence-electron chi connectivity index (χ2n) is 6.26. The van der Waals surface area contributed by atoms with E-state index in [1.807, 2.05) is 6.07 Å². The molecule has 5 nitrogen and oxygen atoms in total. The highest BCUT2D eigenvalue weighted by atomic mass is 35.5. The van der Waals surface area contributed by atoms with Crippen molar-refractivity contribution < 1.29 is 18.7 Å². The van der Waals surface area contributed by atoms with Crippen molar-refractivity contribution in [3.05, 3.63) is 81.5 Å². The number of benzene rings is 2. The molecule has 0 radical (unpaired) electrons. The van der Waals surface area contributed by atoms with Crippen molar-refractivity contribution in [3.63, 3.8) is 0 Å². The number of halogens is 2. The lowest BCUT2D eigenvalue weighted by Crippen LogP contribution is -2.16. The van der Waals surface area contributed by atoms with Crippen LogP contribution in [0.15, 0.2) is 59.5 Å². The number of nitriles is 1. The number of anilines is 1. The molecule has 0 unspecified atom stereocenters. The molecule has 2 aromatic carbocycles. The normalized spacial score (nSPS) is 11.0. The van der Waals surface area contributed by atoms with Crippen molar-refractivity contribution in [1.82, 2.24) is 0 Å². The van der Waals surface area contributed by atoms with Crippen LogP contribution >= 0.6 is 22.9 Å². The molecule has 0 saturated heterocycles. The van der Waals surface area contributed by atoms with Gasteiger partial charge in [0.1, 0.15) is 28.0 Å². The molecule has 0 aliphatic heterocycles. The van der Waals surface area contributed by atoms with Crippen LogP contribution in [0.5, 0.6) is 0 Å². The van der Waals surface area contributed by atoms with Gasteiger partial charge in [-0.3, -0.25) is 4.79 Å². The molecule has 0 atom stereocenters. The summed E-state index contributed by atoms with van der Waals surface area (Å²) in [4.78, 5) is 25.3. The zero-order valence-electron chi connectivity index (χ0n) is 16.3. The van der Waals surface area contributed by atoms with Crippen LogP contribution in [-0.2, 0) is 9.53 Å². The van der Waals surface area contributed by atoms with E-state index in [0.29, 0.717) is 21.7 Å². The fourth-order valence-corrected chi connectivity index (χ4v) is 3.82. The van der Waals surface area contributed by atoms with Crippen LogP contribution in [0.1, 0.15) is 22.8 Å². The standard InChI is InChI=1S/C23H16ClFN2O3S/c1-2-30-23(29)20-19(15-5-9-18(25)10-6-15)13-31-22(20)27-21(28)16(12-26)11-14-3-7-17(24)8-4-14/h3-11,13H,2H2,1H3,(H,27,28). The lowest BCUT2D eigenvalue weighted by molar-refractivity contribution is -0.112. The van der Waals surface area contributed by atoms with Crippen molar-refractivity contribution in [2.24, 2.45) is 0 Å². The lowest BCUT2D eigenvalue weighted by Gasteiger charge is -2.08. The number of ether oxygens (including phenoxy) is 1. The van der Waals surface area contributed by atoms with Gasteiger partial charge < -0.3 is 10.1 Å². The molecule has 0 fully saturated rings. The molecule has 0 saturated carbocycles. The average Bonchev–Trinajstić information content (AvgIpc) is 3.17. The fraction of sp³-hybridized carbons (Fsp3) is 0.0870. The molecule has 0 aliphatic rings. The topological polar surface area (TPSA) is 79.2 Å². The van der Waals surface area contributed by atoms with Crippen LogP contribution < -0.4 is 5.32 Å². The third kappa shape index (κ3) is 5.37. The molecular formula is C23H16ClFN2O3S. The summed E-state index contributed by atoms with van der Waals surface area (Å²) in [5.74, 6) is -1.70. The van der Waals surface area contributed by atoms with Gasteiger partial charge in [-0.1, -0.05) is 35.9 Å². The van der Waals surface area contributed by atoms with Gasteiger partial charge in [0, 0.05) is 16.0 Å². The molecule has 156 valence electrons. The van der Waals surface area contributed by atoms with E-state index < -0.39 is 17.7 Å². The number of rotatable bonds is 6. The van der Waals surface area contributed by atoms with E-state index in [0.717, 1.165) is 11.3 Å². The van der Waals surface area contributed by atoms with Gasteiger partial charge in [0.25, 0.3) is 5.91 Å². The second kappa shape index (κ2) is 10.0. The van der Waals surface area contributed by atoms with Crippen LogP contribution in [0, 0.1) is 17.1 Å². The zero-order chi connectivity index (χ0) is 22.4. The summed E-state index contributed by atoms with van der Waals surface area (Å²) in [5, 5.41) is 14.5. The molecule has 1 N–H and O–H groups in total. The summed E-state index contributed by atoms with van der Waals surface area (Å²) in [6.07, 6.45) is 1.42. The molecule has 1 aromatic heterocycles. The maximum absolute atomic E-state index is 13.3. The number of carbonyl (C=O) groups excluding carboxylic acids is 2. The van der Waals surface area contributed by atoms with Gasteiger partial charge in [-0.25, -0.2) is 9.18 Å². The largest absolute Gasteiger partial charge is 0.462 e. The van der Waals surface area contributed by atoms with E-state index in [9.17, 15) is 19.2 Å². The summed E-state index contributed by atoms with van der Waals surface area (Å²) in [5.41, 5.74) is 1.72. The van der Waals surface area contributed by atoms with Crippen LogP contribution in [0.4, 0.5) is 9.39 Å². The second-order valence-corrected chi connectivity index (χ2v) is 7.57. The Hall–Kier alpha value is -3.47. The molecule has 31 heavy (non-hydrogen) atoms. The van der Waals surface area contributed by atoms with Gasteiger partial charge >= 0.3 is 5.97 Å². The maximum Gasteiger partial charge on any atom is 0.341 e. The molecule has 3 rings (SSSR count). The van der Waals surface area contributed by atoms with Crippen LogP contribution in [0.3, 0.4) is 0 Å². The number of carbonyl (C=O) groups is 2. The Morgan fingerprint density at radius 2 is 1.87 bits per heavy atom. The van der Waals surface area contributed by atoms with E-state index in [4.69, 9.17) is 16.3 Å². The van der Waals surface area contributed by atoms with Crippen molar-refractivity contribution in [1.29, 1.82) is 5.26 Å². The van der Waals surface area contributed by atoms with E-state index in [1.54, 1.807) is 36.6 Å². The van der Waals surface area contributed by atoms with Gasteiger partial charge in [0.15, 0.2) is 0 Å². The third-order valence-corrected chi connectivity index (χ3v) is 5.35. The Kier molecular flexibility index (Phi) is 7.19. The van der Waals surface area contributed by atoms with Crippen molar-refractivity contribution in [3.8, 4) is 17.2 Å². The first-order chi connectivity index (χ1) is 14.9. The average molecular weight is 455 g/mol. The first-order valence-electron chi connectivity index (χ1n) is 9.16. The molecule has 0 spiro atoms. The monoisotopic (exact) mass is 454 g/mol. The predicted molar refractivity (Wildman–Crippen MR) is 119 cm³/mol. The van der Waals surface area contributed by atoms with Gasteiger partial charge in [-0.2, -0.15) is 5.26 Å². The predicted octanol–water partition coefficient (Wildman–Crippen LogP) is 5.93. The number of thiophene rings is 1. The van der Waals surface area contributed by atoms with E-state index in [1.165, 1.54) is 30.3 Å². The fourth-order valence-electron chi connectivity index (χ4n) is 2.74. The minimum atomic E-state index is -0.671. The van der Waals surface area contributed by atoms with Crippen LogP contribution in [0.25, 0.3) is 17.2 Å². The molecule has 3 aromatic rings. The highest BCUT2D eigenvalue weighted by Gasteiger charge is 2.23. The number of amides is 1. The van der Waals surface area contributed by atoms with Crippen molar-refractivity contribution >= 4 is 45.9 Å². The van der Waals surface area contributed by atoms with E-state index in [-0.39, 0.29) is 22.7 Å². The number of nitrogens with zero attached hydrogens (tertiary/aromatic N) is 1. The number of nitrogens with one attached hydrogen (secondary N) is 1. The first-order valence-corrected chi connectivity index (χ1v) is 10.4. The highest BCUT2D eigenvalue weighted by Crippen LogP contribution is 2.36. The van der Waals surface area contributed by atoms with E-state index in [2.05, 4.69) is 5.32 Å². The molecule has 1 heterocycles. The Balaban J connectivity index is 1.95.